The van der Waals surface area contributed by atoms with Crippen molar-refractivity contribution < 1.29 is 9.34 Å². The molecule has 5 nitrogen and oxygen atoms in total. The van der Waals surface area contributed by atoms with E-state index in [0.717, 1.165) is 21.3 Å². The highest BCUT2D eigenvalue weighted by atomic mass is 32.1. The Labute approximate surface area is 144 Å². The number of nitrogens with one attached hydrogen (secondary N) is 1. The molecule has 0 spiro atoms. The van der Waals surface area contributed by atoms with Crippen molar-refractivity contribution in [3.05, 3.63) is 75.0 Å². The normalized spacial score (nSPS) is 12.2. The van der Waals surface area contributed by atoms with Crippen LogP contribution < -0.4 is 5.32 Å². The minimum Gasteiger partial charge on any atom is -0.465 e. The summed E-state index contributed by atoms with van der Waals surface area (Å²) < 4.78 is 5.62. The maximum atomic E-state index is 11.2. The fraction of sp³-hybridized carbons (Fsp3) is 0.222. The van der Waals surface area contributed by atoms with E-state index in [1.807, 2.05) is 37.3 Å². The number of thiophene rings is 1. The van der Waals surface area contributed by atoms with Crippen LogP contribution in [0.2, 0.25) is 0 Å². The molecule has 6 heteroatoms. The number of hydrogen-bond donors (Lipinski definition) is 1. The van der Waals surface area contributed by atoms with E-state index in [0.29, 0.717) is 12.1 Å². The lowest BCUT2D eigenvalue weighted by atomic mass is 10.1. The predicted octanol–water partition coefficient (Wildman–Crippen LogP) is 5.08. The second-order valence-electron chi connectivity index (χ2n) is 5.59. The molecule has 0 fully saturated rings. The number of rotatable bonds is 6. The first-order chi connectivity index (χ1) is 11.5. The Morgan fingerprint density at radius 1 is 1.21 bits per heavy atom. The van der Waals surface area contributed by atoms with Crippen LogP contribution in [-0.4, -0.2) is 4.92 Å². The van der Waals surface area contributed by atoms with Crippen molar-refractivity contribution >= 4 is 17.0 Å². The molecule has 0 radical (unpaired) electrons. The van der Waals surface area contributed by atoms with Crippen molar-refractivity contribution in [1.82, 2.24) is 5.32 Å². The molecule has 1 atom stereocenters. The lowest BCUT2D eigenvalue weighted by Crippen LogP contribution is -2.16. The molecule has 3 aromatic rings. The molecule has 124 valence electrons. The van der Waals surface area contributed by atoms with E-state index in [1.54, 1.807) is 23.5 Å². The van der Waals surface area contributed by atoms with Crippen LogP contribution in [0.5, 0.6) is 0 Å². The van der Waals surface area contributed by atoms with Crippen LogP contribution in [0.25, 0.3) is 10.4 Å². The average molecular weight is 342 g/mol. The molecule has 24 heavy (non-hydrogen) atoms. The van der Waals surface area contributed by atoms with Gasteiger partial charge in [-0.05, 0) is 44.2 Å². The monoisotopic (exact) mass is 342 g/mol. The van der Waals surface area contributed by atoms with Gasteiger partial charge in [-0.3, -0.25) is 10.1 Å². The van der Waals surface area contributed by atoms with Crippen LogP contribution in [0.15, 0.2) is 52.9 Å². The molecule has 0 bridgehead atoms. The number of para-hydroxylation sites is 1. The fourth-order valence-corrected chi connectivity index (χ4v) is 3.49. The topological polar surface area (TPSA) is 68.3 Å². The molecule has 0 unspecified atom stereocenters. The summed E-state index contributed by atoms with van der Waals surface area (Å²) in [6.45, 7) is 4.66. The lowest BCUT2D eigenvalue weighted by Gasteiger charge is -2.10. The highest BCUT2D eigenvalue weighted by Gasteiger charge is 2.16. The Hall–Kier alpha value is -2.44. The zero-order chi connectivity index (χ0) is 17.1. The summed E-state index contributed by atoms with van der Waals surface area (Å²) >= 11 is 1.56. The second-order valence-corrected chi connectivity index (χ2v) is 6.76. The number of aryl methyl sites for hydroxylation is 1. The number of nitro benzene ring substituents is 1. The number of nitro groups is 1. The molecule has 1 N–H and O–H groups in total. The largest absolute Gasteiger partial charge is 0.465 e. The molecular formula is C18H18N2O3S. The van der Waals surface area contributed by atoms with Crippen LogP contribution in [-0.2, 0) is 6.54 Å². The lowest BCUT2D eigenvalue weighted by molar-refractivity contribution is -0.384. The summed E-state index contributed by atoms with van der Waals surface area (Å²) in [6, 6.07) is 14.8. The van der Waals surface area contributed by atoms with Crippen molar-refractivity contribution in [2.75, 3.05) is 0 Å². The van der Waals surface area contributed by atoms with Crippen molar-refractivity contribution in [3.8, 4) is 10.4 Å². The van der Waals surface area contributed by atoms with Crippen LogP contribution in [0, 0.1) is 17.0 Å². The van der Waals surface area contributed by atoms with Gasteiger partial charge in [0.05, 0.1) is 16.5 Å². The van der Waals surface area contributed by atoms with Gasteiger partial charge in [0.15, 0.2) is 0 Å². The van der Waals surface area contributed by atoms with E-state index in [4.69, 9.17) is 4.42 Å². The minimum atomic E-state index is -0.339. The molecule has 3 rings (SSSR count). The Morgan fingerprint density at radius 2 is 2.00 bits per heavy atom. The third-order valence-electron chi connectivity index (χ3n) is 3.80. The zero-order valence-electron chi connectivity index (χ0n) is 13.5. The zero-order valence-corrected chi connectivity index (χ0v) is 14.3. The number of nitrogens with zero attached hydrogens (tertiary/aromatic N) is 1. The molecule has 2 heterocycles. The quantitative estimate of drug-likeness (QED) is 0.501. The van der Waals surface area contributed by atoms with Crippen LogP contribution in [0.3, 0.4) is 0 Å². The molecular weight excluding hydrogens is 324 g/mol. The average Bonchev–Trinajstić information content (AvgIpc) is 3.21. The van der Waals surface area contributed by atoms with E-state index in [9.17, 15) is 10.1 Å². The summed E-state index contributed by atoms with van der Waals surface area (Å²) in [5.74, 6) is 1.80. The van der Waals surface area contributed by atoms with E-state index in [1.165, 1.54) is 6.07 Å². The molecule has 0 aliphatic carbocycles. The standard InChI is InChI=1S/C18H18N2O3S/c1-12-7-9-17(23-12)13(2)19-11-14-8-10-18(24-14)15-5-3-4-6-16(15)20(21)22/h3-10,13,19H,11H2,1-2H3/t13-/m0/s1. The third-order valence-corrected chi connectivity index (χ3v) is 4.92. The molecule has 2 aromatic heterocycles. The van der Waals surface area contributed by atoms with Crippen molar-refractivity contribution in [2.45, 2.75) is 26.4 Å². The van der Waals surface area contributed by atoms with Gasteiger partial charge in [0.2, 0.25) is 0 Å². The highest BCUT2D eigenvalue weighted by Crippen LogP contribution is 2.34. The Bertz CT molecular complexity index is 853. The number of benzene rings is 1. The Balaban J connectivity index is 1.71. The Kier molecular flexibility index (Phi) is 4.78. The summed E-state index contributed by atoms with van der Waals surface area (Å²) in [5.41, 5.74) is 0.798. The highest BCUT2D eigenvalue weighted by molar-refractivity contribution is 7.15. The summed E-state index contributed by atoms with van der Waals surface area (Å²) in [6.07, 6.45) is 0. The van der Waals surface area contributed by atoms with E-state index in [-0.39, 0.29) is 16.7 Å². The van der Waals surface area contributed by atoms with Crippen molar-refractivity contribution in [1.29, 1.82) is 0 Å². The van der Waals surface area contributed by atoms with Crippen LogP contribution >= 0.6 is 11.3 Å². The fourth-order valence-electron chi connectivity index (χ4n) is 2.50. The van der Waals surface area contributed by atoms with Gasteiger partial charge in [0.1, 0.15) is 11.5 Å². The molecule has 0 amide bonds. The van der Waals surface area contributed by atoms with E-state index >= 15 is 0 Å². The van der Waals surface area contributed by atoms with Gasteiger partial charge >= 0.3 is 0 Å². The first-order valence-corrected chi connectivity index (χ1v) is 8.48. The van der Waals surface area contributed by atoms with E-state index in [2.05, 4.69) is 12.2 Å². The van der Waals surface area contributed by atoms with Crippen molar-refractivity contribution in [3.63, 3.8) is 0 Å². The maximum absolute atomic E-state index is 11.2. The molecule has 0 aliphatic rings. The third kappa shape index (κ3) is 3.55. The Morgan fingerprint density at radius 3 is 2.71 bits per heavy atom. The van der Waals surface area contributed by atoms with Gasteiger partial charge in [-0.1, -0.05) is 12.1 Å². The van der Waals surface area contributed by atoms with Gasteiger partial charge in [0, 0.05) is 22.4 Å². The molecule has 0 aliphatic heterocycles. The van der Waals surface area contributed by atoms with Gasteiger partial charge in [-0.25, -0.2) is 0 Å². The van der Waals surface area contributed by atoms with Crippen molar-refractivity contribution in [2.24, 2.45) is 0 Å². The van der Waals surface area contributed by atoms with Crippen LogP contribution in [0.1, 0.15) is 29.4 Å². The predicted molar refractivity (Wildman–Crippen MR) is 95.1 cm³/mol. The number of furan rings is 1. The molecule has 0 saturated heterocycles. The van der Waals surface area contributed by atoms with Gasteiger partial charge in [-0.15, -0.1) is 11.3 Å². The first kappa shape index (κ1) is 16.4. The van der Waals surface area contributed by atoms with Crippen LogP contribution in [0.4, 0.5) is 5.69 Å². The summed E-state index contributed by atoms with van der Waals surface area (Å²) in [4.78, 5) is 12.9. The SMILES string of the molecule is Cc1ccc([C@H](C)NCc2ccc(-c3ccccc3[N+](=O)[O-])s2)o1. The summed E-state index contributed by atoms with van der Waals surface area (Å²) in [7, 11) is 0. The maximum Gasteiger partial charge on any atom is 0.278 e. The minimum absolute atomic E-state index is 0.107. The van der Waals surface area contributed by atoms with Gasteiger partial charge in [0.25, 0.3) is 5.69 Å². The second kappa shape index (κ2) is 6.98. The smallest absolute Gasteiger partial charge is 0.278 e. The first-order valence-electron chi connectivity index (χ1n) is 7.67. The molecule has 0 saturated carbocycles. The molecule has 1 aromatic carbocycles. The summed E-state index contributed by atoms with van der Waals surface area (Å²) in [5, 5.41) is 14.6. The van der Waals surface area contributed by atoms with Gasteiger partial charge < -0.3 is 9.73 Å². The van der Waals surface area contributed by atoms with Gasteiger partial charge in [-0.2, -0.15) is 0 Å². The van der Waals surface area contributed by atoms with E-state index < -0.39 is 0 Å². The number of hydrogen-bond acceptors (Lipinski definition) is 5.